The van der Waals surface area contributed by atoms with Gasteiger partial charge in [0.2, 0.25) is 11.8 Å². The van der Waals surface area contributed by atoms with Gasteiger partial charge in [0, 0.05) is 25.0 Å². The minimum Gasteiger partial charge on any atom is -0.312 e. The SMILES string of the molecule is CCN(C(=O)C(Cc1cnn(CC)c1)C(=O)NS(=O)(=O)C=Cc1ccccc1)c1ccccc1. The van der Waals surface area contributed by atoms with Gasteiger partial charge in [-0.1, -0.05) is 48.5 Å². The number of amides is 2. The van der Waals surface area contributed by atoms with Gasteiger partial charge in [0.15, 0.2) is 0 Å². The molecule has 1 atom stereocenters. The second kappa shape index (κ2) is 11.4. The third-order valence-corrected chi connectivity index (χ3v) is 6.18. The zero-order valence-electron chi connectivity index (χ0n) is 19.2. The summed E-state index contributed by atoms with van der Waals surface area (Å²) >= 11 is 0. The molecule has 0 spiro atoms. The van der Waals surface area contributed by atoms with Crippen LogP contribution in [0, 0.1) is 5.92 Å². The summed E-state index contributed by atoms with van der Waals surface area (Å²) in [5.74, 6) is -2.63. The molecule has 178 valence electrons. The van der Waals surface area contributed by atoms with E-state index in [9.17, 15) is 18.0 Å². The van der Waals surface area contributed by atoms with E-state index in [0.717, 1.165) is 5.41 Å². The number of sulfonamides is 1. The Labute approximate surface area is 200 Å². The molecule has 0 fully saturated rings. The number of nitrogens with zero attached hydrogens (tertiary/aromatic N) is 3. The van der Waals surface area contributed by atoms with Crippen molar-refractivity contribution in [1.29, 1.82) is 0 Å². The molecule has 1 aromatic heterocycles. The number of benzene rings is 2. The number of para-hydroxylation sites is 1. The van der Waals surface area contributed by atoms with Gasteiger partial charge in [0.25, 0.3) is 10.0 Å². The van der Waals surface area contributed by atoms with Crippen LogP contribution in [0.1, 0.15) is 25.0 Å². The lowest BCUT2D eigenvalue weighted by Gasteiger charge is -2.25. The van der Waals surface area contributed by atoms with Gasteiger partial charge in [-0.2, -0.15) is 5.10 Å². The largest absolute Gasteiger partial charge is 0.312 e. The number of rotatable bonds is 10. The molecule has 0 saturated carbocycles. The molecule has 3 rings (SSSR count). The zero-order valence-corrected chi connectivity index (χ0v) is 20.0. The fourth-order valence-electron chi connectivity index (χ4n) is 3.45. The fourth-order valence-corrected chi connectivity index (χ4v) is 4.28. The minimum absolute atomic E-state index is 0.0198. The highest BCUT2D eigenvalue weighted by molar-refractivity contribution is 7.93. The van der Waals surface area contributed by atoms with Crippen LogP contribution in [0.5, 0.6) is 0 Å². The number of carbonyl (C=O) groups excluding carboxylic acids is 2. The van der Waals surface area contributed by atoms with E-state index in [4.69, 9.17) is 0 Å². The van der Waals surface area contributed by atoms with Crippen molar-refractivity contribution in [1.82, 2.24) is 14.5 Å². The standard InChI is InChI=1S/C25H28N4O4S/c1-3-28-19-21(18-26-28)17-23(25(31)29(4-2)22-13-9-6-10-14-22)24(30)27-34(32,33)16-15-20-11-7-5-8-12-20/h5-16,18-19,23H,3-4,17H2,1-2H3,(H,27,30). The molecule has 0 bridgehead atoms. The molecule has 1 N–H and O–H groups in total. The van der Waals surface area contributed by atoms with Gasteiger partial charge in [0.05, 0.1) is 11.6 Å². The normalized spacial score (nSPS) is 12.4. The first-order valence-electron chi connectivity index (χ1n) is 11.0. The lowest BCUT2D eigenvalue weighted by molar-refractivity contribution is -0.132. The third kappa shape index (κ3) is 6.64. The lowest BCUT2D eigenvalue weighted by atomic mass is 9.99. The van der Waals surface area contributed by atoms with Gasteiger partial charge in [-0.3, -0.25) is 14.3 Å². The Morgan fingerprint density at radius 2 is 1.71 bits per heavy atom. The van der Waals surface area contributed by atoms with Crippen molar-refractivity contribution in [3.63, 3.8) is 0 Å². The molecule has 1 heterocycles. The average Bonchev–Trinajstić information content (AvgIpc) is 3.30. The number of aryl methyl sites for hydroxylation is 1. The maximum atomic E-state index is 13.5. The van der Waals surface area contributed by atoms with Crippen molar-refractivity contribution < 1.29 is 18.0 Å². The van der Waals surface area contributed by atoms with Crippen LogP contribution in [-0.4, -0.2) is 36.6 Å². The highest BCUT2D eigenvalue weighted by atomic mass is 32.2. The van der Waals surface area contributed by atoms with Crippen LogP contribution in [0.25, 0.3) is 6.08 Å². The minimum atomic E-state index is -4.12. The average molecular weight is 481 g/mol. The third-order valence-electron chi connectivity index (χ3n) is 5.20. The smallest absolute Gasteiger partial charge is 0.257 e. The number of anilines is 1. The fraction of sp³-hybridized carbons (Fsp3) is 0.240. The first-order chi connectivity index (χ1) is 16.3. The monoisotopic (exact) mass is 480 g/mol. The quantitative estimate of drug-likeness (QED) is 0.449. The molecule has 34 heavy (non-hydrogen) atoms. The van der Waals surface area contributed by atoms with Gasteiger partial charge in [-0.15, -0.1) is 0 Å². The number of hydrogen-bond acceptors (Lipinski definition) is 5. The molecule has 0 aliphatic heterocycles. The van der Waals surface area contributed by atoms with Crippen molar-refractivity contribution in [3.05, 3.63) is 89.6 Å². The predicted molar refractivity (Wildman–Crippen MR) is 132 cm³/mol. The molecule has 8 nitrogen and oxygen atoms in total. The van der Waals surface area contributed by atoms with E-state index < -0.39 is 27.8 Å². The summed E-state index contributed by atoms with van der Waals surface area (Å²) in [4.78, 5) is 28.1. The van der Waals surface area contributed by atoms with Crippen molar-refractivity contribution in [2.24, 2.45) is 5.92 Å². The number of hydrogen-bond donors (Lipinski definition) is 1. The maximum absolute atomic E-state index is 13.5. The van der Waals surface area contributed by atoms with E-state index in [2.05, 4.69) is 9.82 Å². The summed E-state index contributed by atoms with van der Waals surface area (Å²) in [7, 11) is -4.12. The van der Waals surface area contributed by atoms with E-state index in [0.29, 0.717) is 29.9 Å². The highest BCUT2D eigenvalue weighted by Gasteiger charge is 2.33. The molecule has 1 unspecified atom stereocenters. The van der Waals surface area contributed by atoms with E-state index in [-0.39, 0.29) is 6.42 Å². The summed E-state index contributed by atoms with van der Waals surface area (Å²) in [6, 6.07) is 17.8. The van der Waals surface area contributed by atoms with Crippen LogP contribution in [0.2, 0.25) is 0 Å². The molecule has 9 heteroatoms. The molecular formula is C25H28N4O4S. The molecule has 2 aromatic carbocycles. The molecule has 0 radical (unpaired) electrons. The maximum Gasteiger partial charge on any atom is 0.257 e. The van der Waals surface area contributed by atoms with Gasteiger partial charge < -0.3 is 4.90 Å². The van der Waals surface area contributed by atoms with Crippen LogP contribution < -0.4 is 9.62 Å². The summed E-state index contributed by atoms with van der Waals surface area (Å²) < 4.78 is 28.9. The molecule has 2 amide bonds. The van der Waals surface area contributed by atoms with Crippen LogP contribution >= 0.6 is 0 Å². The Balaban J connectivity index is 1.86. The number of nitrogens with one attached hydrogen (secondary N) is 1. The predicted octanol–water partition coefficient (Wildman–Crippen LogP) is 3.23. The van der Waals surface area contributed by atoms with E-state index in [1.807, 2.05) is 19.1 Å². The summed E-state index contributed by atoms with van der Waals surface area (Å²) in [6.07, 6.45) is 4.74. The van der Waals surface area contributed by atoms with Gasteiger partial charge in [-0.05, 0) is 49.6 Å². The van der Waals surface area contributed by atoms with Crippen molar-refractivity contribution in [3.8, 4) is 0 Å². The van der Waals surface area contributed by atoms with E-state index in [1.165, 1.54) is 11.0 Å². The van der Waals surface area contributed by atoms with Crippen LogP contribution in [0.4, 0.5) is 5.69 Å². The van der Waals surface area contributed by atoms with Crippen LogP contribution in [0.3, 0.4) is 0 Å². The van der Waals surface area contributed by atoms with E-state index in [1.54, 1.807) is 72.5 Å². The summed E-state index contributed by atoms with van der Waals surface area (Å²) in [5.41, 5.74) is 1.96. The topological polar surface area (TPSA) is 101 Å². The first-order valence-corrected chi connectivity index (χ1v) is 12.5. The molecular weight excluding hydrogens is 452 g/mol. The second-order valence-corrected chi connectivity index (χ2v) is 9.17. The molecule has 0 aliphatic carbocycles. The highest BCUT2D eigenvalue weighted by Crippen LogP contribution is 2.19. The summed E-state index contributed by atoms with van der Waals surface area (Å²) in [6.45, 7) is 4.68. The summed E-state index contributed by atoms with van der Waals surface area (Å²) in [5, 5.41) is 5.12. The van der Waals surface area contributed by atoms with Crippen molar-refractivity contribution in [2.45, 2.75) is 26.8 Å². The van der Waals surface area contributed by atoms with Crippen LogP contribution in [-0.2, 0) is 32.6 Å². The second-order valence-electron chi connectivity index (χ2n) is 7.60. The van der Waals surface area contributed by atoms with Gasteiger partial charge in [-0.25, -0.2) is 13.1 Å². The van der Waals surface area contributed by atoms with Gasteiger partial charge in [0.1, 0.15) is 5.92 Å². The lowest BCUT2D eigenvalue weighted by Crippen LogP contribution is -2.46. The van der Waals surface area contributed by atoms with Gasteiger partial charge >= 0.3 is 0 Å². The molecule has 0 aliphatic rings. The Morgan fingerprint density at radius 3 is 2.29 bits per heavy atom. The van der Waals surface area contributed by atoms with Crippen molar-refractivity contribution >= 4 is 33.6 Å². The Morgan fingerprint density at radius 1 is 1.06 bits per heavy atom. The molecule has 0 saturated heterocycles. The number of carbonyl (C=O) groups is 2. The Hall–Kier alpha value is -3.72. The Bertz CT molecular complexity index is 1240. The first kappa shape index (κ1) is 24.9. The zero-order chi connectivity index (χ0) is 24.6. The van der Waals surface area contributed by atoms with Crippen molar-refractivity contribution in [2.75, 3.05) is 11.4 Å². The van der Waals surface area contributed by atoms with Crippen LogP contribution in [0.15, 0.2) is 78.5 Å². The number of aromatic nitrogens is 2. The van der Waals surface area contributed by atoms with E-state index >= 15 is 0 Å². The Kier molecular flexibility index (Phi) is 8.37. The molecule has 3 aromatic rings.